The second kappa shape index (κ2) is 9.83. The number of rotatable bonds is 9. The van der Waals surface area contributed by atoms with Gasteiger partial charge < -0.3 is 19.8 Å². The van der Waals surface area contributed by atoms with Crippen LogP contribution in [0.4, 0.5) is 0 Å². The zero-order valence-corrected chi connectivity index (χ0v) is 18.8. The summed E-state index contributed by atoms with van der Waals surface area (Å²) in [5, 5.41) is 9.63. The van der Waals surface area contributed by atoms with Gasteiger partial charge in [-0.1, -0.05) is 60.1 Å². The molecule has 8 heteroatoms. The summed E-state index contributed by atoms with van der Waals surface area (Å²) in [4.78, 5) is 11.0. The van der Waals surface area contributed by atoms with E-state index in [9.17, 15) is 4.79 Å². The number of benzene rings is 3. The van der Waals surface area contributed by atoms with Gasteiger partial charge in [-0.3, -0.25) is 4.79 Å². The van der Waals surface area contributed by atoms with Gasteiger partial charge in [0.2, 0.25) is 0 Å². The fourth-order valence-corrected chi connectivity index (χ4v) is 4.54. The van der Waals surface area contributed by atoms with Crippen LogP contribution in [0, 0.1) is 0 Å². The van der Waals surface area contributed by atoms with Crippen molar-refractivity contribution in [2.75, 3.05) is 13.1 Å². The highest BCUT2D eigenvalue weighted by molar-refractivity contribution is 7.92. The highest BCUT2D eigenvalue weighted by atomic mass is 35.5. The topological polar surface area (TPSA) is 85.0 Å². The Hall–Kier alpha value is -2.71. The third-order valence-corrected chi connectivity index (χ3v) is 6.15. The lowest BCUT2D eigenvalue weighted by molar-refractivity contribution is -0.138. The molecule has 0 bridgehead atoms. The molecule has 0 unspecified atom stereocenters. The molecule has 0 saturated carbocycles. The van der Waals surface area contributed by atoms with Gasteiger partial charge in [0.1, 0.15) is 29.8 Å². The van der Waals surface area contributed by atoms with E-state index in [4.69, 9.17) is 31.4 Å². The molecule has 1 fully saturated rings. The largest absolute Gasteiger partial charge is 0.480 e. The number of aliphatic carboxylic acids is 1. The third kappa shape index (κ3) is 5.37. The van der Waals surface area contributed by atoms with Crippen molar-refractivity contribution < 1.29 is 18.8 Å². The molecule has 0 radical (unpaired) electrons. The normalized spacial score (nSPS) is 16.1. The van der Waals surface area contributed by atoms with Gasteiger partial charge in [0.05, 0.1) is 13.1 Å². The maximum Gasteiger partial charge on any atom is 0.320 e. The Morgan fingerprint density at radius 2 is 1.78 bits per heavy atom. The molecule has 0 aliphatic carbocycles. The summed E-state index contributed by atoms with van der Waals surface area (Å²) in [7, 11) is 0. The average Bonchev–Trinajstić information content (AvgIpc) is 2.76. The fourth-order valence-electron chi connectivity index (χ4n) is 3.54. The minimum absolute atomic E-state index is 0.242. The van der Waals surface area contributed by atoms with Crippen LogP contribution >= 0.6 is 23.8 Å². The van der Waals surface area contributed by atoms with E-state index in [1.807, 2.05) is 66.7 Å². The molecular formula is C24H23ClN2O4S. The maximum absolute atomic E-state index is 11.0. The van der Waals surface area contributed by atoms with Gasteiger partial charge in [-0.15, -0.1) is 0 Å². The van der Waals surface area contributed by atoms with Crippen molar-refractivity contribution in [2.24, 2.45) is 5.73 Å². The van der Waals surface area contributed by atoms with E-state index in [0.29, 0.717) is 23.9 Å². The number of hydrogen-bond donors (Lipinski definition) is 2. The summed E-state index contributed by atoms with van der Waals surface area (Å²) in [6.07, 6.45) is 0.242. The Bertz CT molecular complexity index is 1080. The monoisotopic (exact) mass is 470 g/mol. The van der Waals surface area contributed by atoms with Crippen molar-refractivity contribution in [3.63, 3.8) is 0 Å². The quantitative estimate of drug-likeness (QED) is 0.351. The summed E-state index contributed by atoms with van der Waals surface area (Å²) in [5.41, 5.74) is 7.03. The average molecular weight is 471 g/mol. The second-order valence-corrected chi connectivity index (χ2v) is 8.94. The Kier molecular flexibility index (Phi) is 6.91. The van der Waals surface area contributed by atoms with Crippen LogP contribution in [-0.4, -0.2) is 34.5 Å². The van der Waals surface area contributed by atoms with Crippen LogP contribution < -0.4 is 14.7 Å². The predicted octanol–water partition coefficient (Wildman–Crippen LogP) is 4.53. The molecule has 1 heterocycles. The van der Waals surface area contributed by atoms with Gasteiger partial charge >= 0.3 is 5.97 Å². The van der Waals surface area contributed by atoms with Gasteiger partial charge in [0.25, 0.3) is 0 Å². The molecule has 1 aliphatic heterocycles. The van der Waals surface area contributed by atoms with E-state index in [0.717, 1.165) is 16.9 Å². The lowest BCUT2D eigenvalue weighted by Crippen LogP contribution is -2.60. The summed E-state index contributed by atoms with van der Waals surface area (Å²) < 4.78 is 14.3. The lowest BCUT2D eigenvalue weighted by atomic mass is 9.87. The Labute approximate surface area is 196 Å². The molecule has 3 aromatic carbocycles. The summed E-state index contributed by atoms with van der Waals surface area (Å²) in [5.74, 6) is 0.329. The first-order valence-corrected chi connectivity index (χ1v) is 11.2. The lowest BCUT2D eigenvalue weighted by Gasteiger charge is -2.48. The van der Waals surface area contributed by atoms with Crippen LogP contribution in [0.1, 0.15) is 11.1 Å². The molecule has 0 aromatic heterocycles. The predicted molar refractivity (Wildman–Crippen MR) is 126 cm³/mol. The first-order valence-electron chi connectivity index (χ1n) is 10.1. The number of ether oxygens (including phenoxy) is 1. The van der Waals surface area contributed by atoms with E-state index in [1.165, 1.54) is 12.2 Å². The van der Waals surface area contributed by atoms with E-state index in [-0.39, 0.29) is 6.42 Å². The molecule has 6 nitrogen and oxygen atoms in total. The second-order valence-electron chi connectivity index (χ2n) is 7.67. The molecule has 32 heavy (non-hydrogen) atoms. The minimum Gasteiger partial charge on any atom is -0.480 e. The van der Waals surface area contributed by atoms with Gasteiger partial charge in [-0.25, -0.2) is 4.31 Å². The number of carboxylic acids is 1. The number of halogens is 1. The van der Waals surface area contributed by atoms with Gasteiger partial charge in [-0.2, -0.15) is 0 Å². The molecule has 1 aliphatic rings. The Morgan fingerprint density at radius 3 is 2.50 bits per heavy atom. The van der Waals surface area contributed by atoms with Crippen molar-refractivity contribution in [2.45, 2.75) is 18.1 Å². The SMILES string of the molecule is N[C@@H](Cc1cccc(OSN2CC(Oc3cccc(Cl)c3)(c3ccccc3)C2)c1)C(=O)O. The van der Waals surface area contributed by atoms with E-state index < -0.39 is 17.6 Å². The highest BCUT2D eigenvalue weighted by Gasteiger charge is 2.48. The molecule has 3 aromatic rings. The number of nitrogens with zero attached hydrogens (tertiary/aromatic N) is 1. The smallest absolute Gasteiger partial charge is 0.320 e. The third-order valence-electron chi connectivity index (χ3n) is 5.18. The Morgan fingerprint density at radius 1 is 1.06 bits per heavy atom. The van der Waals surface area contributed by atoms with Crippen molar-refractivity contribution in [1.29, 1.82) is 0 Å². The van der Waals surface area contributed by atoms with E-state index in [2.05, 4.69) is 16.4 Å². The van der Waals surface area contributed by atoms with Crippen molar-refractivity contribution in [3.8, 4) is 11.5 Å². The van der Waals surface area contributed by atoms with Crippen LogP contribution in [-0.2, 0) is 16.8 Å². The first-order chi connectivity index (χ1) is 15.4. The van der Waals surface area contributed by atoms with Gasteiger partial charge in [-0.05, 0) is 47.9 Å². The van der Waals surface area contributed by atoms with E-state index in [1.54, 1.807) is 0 Å². The summed E-state index contributed by atoms with van der Waals surface area (Å²) in [6.45, 7) is 1.25. The van der Waals surface area contributed by atoms with Gasteiger partial charge in [0, 0.05) is 5.02 Å². The first kappa shape index (κ1) is 22.5. The molecule has 0 amide bonds. The van der Waals surface area contributed by atoms with Crippen LogP contribution in [0.5, 0.6) is 11.5 Å². The highest BCUT2D eigenvalue weighted by Crippen LogP contribution is 2.41. The molecule has 1 saturated heterocycles. The van der Waals surface area contributed by atoms with Crippen molar-refractivity contribution in [1.82, 2.24) is 4.31 Å². The van der Waals surface area contributed by atoms with Crippen LogP contribution in [0.3, 0.4) is 0 Å². The summed E-state index contributed by atoms with van der Waals surface area (Å²) >= 11 is 7.37. The van der Waals surface area contributed by atoms with Gasteiger partial charge in [0.15, 0.2) is 5.60 Å². The Balaban J connectivity index is 1.40. The number of carboxylic acid groups (broad SMARTS) is 1. The van der Waals surface area contributed by atoms with Crippen molar-refractivity contribution in [3.05, 3.63) is 95.0 Å². The zero-order valence-electron chi connectivity index (χ0n) is 17.2. The molecule has 0 spiro atoms. The van der Waals surface area contributed by atoms with Crippen molar-refractivity contribution >= 4 is 29.8 Å². The van der Waals surface area contributed by atoms with Crippen LogP contribution in [0.15, 0.2) is 78.9 Å². The van der Waals surface area contributed by atoms with Crippen LogP contribution in [0.25, 0.3) is 0 Å². The standard InChI is InChI=1S/C24H23ClN2O4S/c25-19-9-5-10-20(14-19)30-24(18-7-2-1-3-8-18)15-27(16-24)32-31-21-11-4-6-17(12-21)13-22(26)23(28)29/h1-12,14,22H,13,15-16,26H2,(H,28,29)/t22-/m0/s1. The fraction of sp³-hybridized carbons (Fsp3) is 0.208. The number of carbonyl (C=O) groups is 1. The molecule has 4 rings (SSSR count). The molecular weight excluding hydrogens is 448 g/mol. The maximum atomic E-state index is 11.0. The number of nitrogens with two attached hydrogens (primary N) is 1. The van der Waals surface area contributed by atoms with E-state index >= 15 is 0 Å². The summed E-state index contributed by atoms with van der Waals surface area (Å²) in [6, 6.07) is 23.8. The number of hydrogen-bond acceptors (Lipinski definition) is 6. The van der Waals surface area contributed by atoms with Crippen LogP contribution in [0.2, 0.25) is 5.02 Å². The molecule has 166 valence electrons. The zero-order chi connectivity index (χ0) is 22.6. The molecule has 1 atom stereocenters. The molecule has 3 N–H and O–H groups in total. The minimum atomic E-state index is -1.02.